The smallest absolute Gasteiger partial charge is 0.321 e. The fraction of sp³-hybridized carbons (Fsp3) is 0.579. The van der Waals surface area contributed by atoms with E-state index in [0.717, 1.165) is 0 Å². The molecule has 28 heavy (non-hydrogen) atoms. The van der Waals surface area contributed by atoms with Gasteiger partial charge in [-0.3, -0.25) is 15.0 Å². The minimum Gasteiger partial charge on any atom is -0.333 e. The number of hydrogen-bond acceptors (Lipinski definition) is 5. The van der Waals surface area contributed by atoms with Crippen LogP contribution >= 0.6 is 0 Å². The van der Waals surface area contributed by atoms with E-state index in [4.69, 9.17) is 0 Å². The van der Waals surface area contributed by atoms with E-state index in [0.29, 0.717) is 25.9 Å². The van der Waals surface area contributed by atoms with Crippen molar-refractivity contribution in [1.82, 2.24) is 20.3 Å². The number of urea groups is 1. The number of piperidine rings is 1. The van der Waals surface area contributed by atoms with Crippen LogP contribution in [0.5, 0.6) is 0 Å². The fourth-order valence-corrected chi connectivity index (χ4v) is 4.37. The fourth-order valence-electron chi connectivity index (χ4n) is 3.05. The first kappa shape index (κ1) is 22.3. The molecule has 0 radical (unpaired) electrons. The summed E-state index contributed by atoms with van der Waals surface area (Å²) in [4.78, 5) is 26.4. The van der Waals surface area contributed by atoms with Gasteiger partial charge in [-0.25, -0.2) is 17.9 Å². The summed E-state index contributed by atoms with van der Waals surface area (Å²) >= 11 is 0. The highest BCUT2D eigenvalue weighted by Gasteiger charge is 2.30. The Hall–Kier alpha value is -1.97. The monoisotopic (exact) mass is 410 g/mol. The Bertz CT molecular complexity index is 782. The van der Waals surface area contributed by atoms with Crippen LogP contribution in [0.1, 0.15) is 40.5 Å². The quantitative estimate of drug-likeness (QED) is 0.681. The molecule has 9 heteroatoms. The zero-order chi connectivity index (χ0) is 20.9. The summed E-state index contributed by atoms with van der Waals surface area (Å²) in [6.45, 7) is 8.38. The molecule has 1 aromatic carbocycles. The maximum absolute atomic E-state index is 12.4. The van der Waals surface area contributed by atoms with E-state index in [9.17, 15) is 18.0 Å². The Morgan fingerprint density at radius 3 is 2.21 bits per heavy atom. The standard InChI is InChI=1S/C19H30N4O4S/c1-14(17(24)20-18(25)21-19(2,3)4)23-12-10-15(11-13-23)22-28(26,27)16-8-6-5-7-9-16/h5-9,14-15,22H,10-13H2,1-4H3,(H2,20,21,24,25). The van der Waals surface area contributed by atoms with E-state index in [1.165, 1.54) is 0 Å². The summed E-state index contributed by atoms with van der Waals surface area (Å²) in [5, 5.41) is 5.05. The first-order valence-corrected chi connectivity index (χ1v) is 10.9. The molecule has 1 aliphatic heterocycles. The van der Waals surface area contributed by atoms with Gasteiger partial charge >= 0.3 is 6.03 Å². The van der Waals surface area contributed by atoms with Gasteiger partial charge in [-0.05, 0) is 52.7 Å². The number of imide groups is 1. The highest BCUT2D eigenvalue weighted by molar-refractivity contribution is 7.89. The lowest BCUT2D eigenvalue weighted by molar-refractivity contribution is -0.125. The van der Waals surface area contributed by atoms with Crippen LogP contribution in [-0.2, 0) is 14.8 Å². The maximum atomic E-state index is 12.4. The molecule has 3 amide bonds. The maximum Gasteiger partial charge on any atom is 0.321 e. The predicted octanol–water partition coefficient (Wildman–Crippen LogP) is 1.44. The molecule has 1 atom stereocenters. The van der Waals surface area contributed by atoms with Crippen LogP contribution < -0.4 is 15.4 Å². The van der Waals surface area contributed by atoms with Gasteiger partial charge in [0.15, 0.2) is 0 Å². The number of sulfonamides is 1. The highest BCUT2D eigenvalue weighted by atomic mass is 32.2. The van der Waals surface area contributed by atoms with Crippen LogP contribution in [0.15, 0.2) is 35.2 Å². The van der Waals surface area contributed by atoms with Crippen molar-refractivity contribution in [2.45, 2.75) is 63.1 Å². The lowest BCUT2D eigenvalue weighted by Gasteiger charge is -2.35. The van der Waals surface area contributed by atoms with Crippen LogP contribution in [0.2, 0.25) is 0 Å². The molecule has 1 saturated heterocycles. The molecule has 1 heterocycles. The van der Waals surface area contributed by atoms with Gasteiger partial charge in [0.2, 0.25) is 15.9 Å². The third-order valence-electron chi connectivity index (χ3n) is 4.56. The molecule has 8 nitrogen and oxygen atoms in total. The number of likely N-dealkylation sites (tertiary alicyclic amines) is 1. The number of hydrogen-bond donors (Lipinski definition) is 3. The lowest BCUT2D eigenvalue weighted by Crippen LogP contribution is -2.55. The van der Waals surface area contributed by atoms with Crippen LogP contribution in [0.25, 0.3) is 0 Å². The van der Waals surface area contributed by atoms with Gasteiger partial charge in [-0.2, -0.15) is 0 Å². The summed E-state index contributed by atoms with van der Waals surface area (Å²) in [5.41, 5.74) is -0.429. The topological polar surface area (TPSA) is 108 Å². The number of carbonyl (C=O) groups excluding carboxylic acids is 2. The van der Waals surface area contributed by atoms with Gasteiger partial charge in [0.05, 0.1) is 10.9 Å². The van der Waals surface area contributed by atoms with E-state index < -0.39 is 27.6 Å². The Morgan fingerprint density at radius 2 is 1.68 bits per heavy atom. The van der Waals surface area contributed by atoms with Crippen molar-refractivity contribution < 1.29 is 18.0 Å². The Kier molecular flexibility index (Phi) is 7.19. The summed E-state index contributed by atoms with van der Waals surface area (Å²) in [7, 11) is -3.55. The summed E-state index contributed by atoms with van der Waals surface area (Å²) in [6.07, 6.45) is 1.19. The van der Waals surface area contributed by atoms with Crippen molar-refractivity contribution in [1.29, 1.82) is 0 Å². The molecule has 0 aliphatic carbocycles. The van der Waals surface area contributed by atoms with Gasteiger partial charge in [0, 0.05) is 24.7 Å². The largest absolute Gasteiger partial charge is 0.333 e. The van der Waals surface area contributed by atoms with Gasteiger partial charge in [0.1, 0.15) is 0 Å². The SMILES string of the molecule is CC(C(=O)NC(=O)NC(C)(C)C)N1CCC(NS(=O)(=O)c2ccccc2)CC1. The van der Waals surface area contributed by atoms with Gasteiger partial charge in [-0.1, -0.05) is 18.2 Å². The number of amides is 3. The third-order valence-corrected chi connectivity index (χ3v) is 6.09. The summed E-state index contributed by atoms with van der Waals surface area (Å²) < 4.78 is 27.6. The molecular formula is C19H30N4O4S. The molecule has 0 spiro atoms. The summed E-state index contributed by atoms with van der Waals surface area (Å²) in [5.74, 6) is -0.370. The Balaban J connectivity index is 1.84. The van der Waals surface area contributed by atoms with E-state index in [1.807, 2.05) is 25.7 Å². The van der Waals surface area contributed by atoms with Crippen molar-refractivity contribution in [2.24, 2.45) is 0 Å². The van der Waals surface area contributed by atoms with Crippen molar-refractivity contribution in [3.8, 4) is 0 Å². The number of rotatable bonds is 5. The first-order chi connectivity index (χ1) is 13.0. The van der Waals surface area contributed by atoms with Gasteiger partial charge in [0.25, 0.3) is 0 Å². The summed E-state index contributed by atoms with van der Waals surface area (Å²) in [6, 6.07) is 7.10. The van der Waals surface area contributed by atoms with E-state index in [-0.39, 0.29) is 16.8 Å². The van der Waals surface area contributed by atoms with E-state index in [2.05, 4.69) is 15.4 Å². The first-order valence-electron chi connectivity index (χ1n) is 9.42. The van der Waals surface area contributed by atoms with Crippen molar-refractivity contribution in [3.63, 3.8) is 0 Å². The minimum atomic E-state index is -3.55. The van der Waals surface area contributed by atoms with Crippen LogP contribution in [-0.4, -0.2) is 56.0 Å². The lowest BCUT2D eigenvalue weighted by atomic mass is 10.0. The second-order valence-corrected chi connectivity index (χ2v) is 9.83. The second-order valence-electron chi connectivity index (χ2n) is 8.11. The van der Waals surface area contributed by atoms with Crippen LogP contribution in [0.4, 0.5) is 4.79 Å². The minimum absolute atomic E-state index is 0.180. The third kappa shape index (κ3) is 6.57. The zero-order valence-corrected chi connectivity index (χ0v) is 17.7. The van der Waals surface area contributed by atoms with Gasteiger partial charge < -0.3 is 5.32 Å². The molecule has 156 valence electrons. The molecule has 1 fully saturated rings. The highest BCUT2D eigenvalue weighted by Crippen LogP contribution is 2.16. The van der Waals surface area contributed by atoms with Gasteiger partial charge in [-0.15, -0.1) is 0 Å². The molecule has 0 bridgehead atoms. The molecule has 1 unspecified atom stereocenters. The van der Waals surface area contributed by atoms with Crippen LogP contribution in [0, 0.1) is 0 Å². The van der Waals surface area contributed by atoms with Crippen molar-refractivity contribution >= 4 is 22.0 Å². The Labute approximate surface area is 167 Å². The Morgan fingerprint density at radius 1 is 1.11 bits per heavy atom. The molecule has 0 aromatic heterocycles. The number of nitrogens with one attached hydrogen (secondary N) is 3. The zero-order valence-electron chi connectivity index (χ0n) is 16.9. The van der Waals surface area contributed by atoms with Crippen molar-refractivity contribution in [2.75, 3.05) is 13.1 Å². The molecule has 1 aromatic rings. The molecule has 3 N–H and O–H groups in total. The second kappa shape index (κ2) is 9.02. The van der Waals surface area contributed by atoms with E-state index >= 15 is 0 Å². The van der Waals surface area contributed by atoms with Crippen molar-refractivity contribution in [3.05, 3.63) is 30.3 Å². The molecule has 0 saturated carbocycles. The average molecular weight is 411 g/mol. The number of nitrogens with zero attached hydrogens (tertiary/aromatic N) is 1. The molecule has 2 rings (SSSR count). The van der Waals surface area contributed by atoms with Crippen LogP contribution in [0.3, 0.4) is 0 Å². The number of benzene rings is 1. The molecule has 1 aliphatic rings. The number of carbonyl (C=O) groups is 2. The normalized spacial score (nSPS) is 17.7. The molecular weight excluding hydrogens is 380 g/mol. The van der Waals surface area contributed by atoms with E-state index in [1.54, 1.807) is 37.3 Å². The average Bonchev–Trinajstić information content (AvgIpc) is 2.60. The predicted molar refractivity (Wildman–Crippen MR) is 107 cm³/mol.